The monoisotopic (exact) mass is 231 g/mol. The van der Waals surface area contributed by atoms with E-state index in [4.69, 9.17) is 4.74 Å². The molecule has 1 aromatic rings. The fourth-order valence-electron chi connectivity index (χ4n) is 2.99. The van der Waals surface area contributed by atoms with Crippen molar-refractivity contribution in [2.45, 2.75) is 37.6 Å². The lowest BCUT2D eigenvalue weighted by Crippen LogP contribution is -2.23. The van der Waals surface area contributed by atoms with E-state index in [2.05, 4.69) is 29.6 Å². The second kappa shape index (κ2) is 5.19. The number of rotatable bonds is 3. The topological polar surface area (TPSA) is 21.3 Å². The van der Waals surface area contributed by atoms with Gasteiger partial charge in [-0.15, -0.1) is 0 Å². The van der Waals surface area contributed by atoms with Crippen LogP contribution in [0.2, 0.25) is 0 Å². The zero-order valence-electron chi connectivity index (χ0n) is 10.3. The van der Waals surface area contributed by atoms with Crippen molar-refractivity contribution < 1.29 is 4.74 Å². The fourth-order valence-corrected chi connectivity index (χ4v) is 2.99. The third-order valence-electron chi connectivity index (χ3n) is 4.00. The molecule has 0 spiro atoms. The smallest absolute Gasteiger partial charge is 0.0535 e. The molecule has 0 radical (unpaired) electrons. The number of hydrogen-bond donors (Lipinski definition) is 1. The molecule has 2 fully saturated rings. The van der Waals surface area contributed by atoms with Crippen molar-refractivity contribution in [2.24, 2.45) is 0 Å². The first-order valence-corrected chi connectivity index (χ1v) is 6.82. The molecule has 1 N–H and O–H groups in total. The molecule has 2 saturated heterocycles. The van der Waals surface area contributed by atoms with Gasteiger partial charge in [-0.05, 0) is 43.4 Å². The number of nitrogens with one attached hydrogen (secondary N) is 1. The van der Waals surface area contributed by atoms with Crippen LogP contribution in [-0.4, -0.2) is 25.8 Å². The zero-order chi connectivity index (χ0) is 11.5. The zero-order valence-corrected chi connectivity index (χ0v) is 10.3. The minimum absolute atomic E-state index is 0.631. The summed E-state index contributed by atoms with van der Waals surface area (Å²) in [6.07, 6.45) is 5.03. The lowest BCUT2D eigenvalue weighted by atomic mass is 9.94. The third-order valence-corrected chi connectivity index (χ3v) is 4.00. The van der Waals surface area contributed by atoms with E-state index in [9.17, 15) is 0 Å². The lowest BCUT2D eigenvalue weighted by molar-refractivity contribution is 0.194. The average molecular weight is 231 g/mol. The summed E-state index contributed by atoms with van der Waals surface area (Å²) in [5.74, 6) is 0.631. The second-order valence-corrected chi connectivity index (χ2v) is 5.30. The highest BCUT2D eigenvalue weighted by Gasteiger charge is 2.19. The van der Waals surface area contributed by atoms with E-state index in [1.54, 1.807) is 0 Å². The minimum Gasteiger partial charge on any atom is -0.381 e. The molecule has 2 heteroatoms. The summed E-state index contributed by atoms with van der Waals surface area (Å²) in [6.45, 7) is 3.03. The molecule has 2 aliphatic heterocycles. The van der Waals surface area contributed by atoms with Gasteiger partial charge in [-0.1, -0.05) is 24.3 Å². The van der Waals surface area contributed by atoms with Crippen LogP contribution in [-0.2, 0) is 11.2 Å². The Bertz CT molecular complexity index is 365. The van der Waals surface area contributed by atoms with Gasteiger partial charge in [0.25, 0.3) is 0 Å². The first-order valence-electron chi connectivity index (χ1n) is 6.82. The minimum atomic E-state index is 0.631. The summed E-state index contributed by atoms with van der Waals surface area (Å²) in [7, 11) is 0. The Hall–Kier alpha value is -0.860. The fraction of sp³-hybridized carbons (Fsp3) is 0.600. The number of benzene rings is 1. The number of ether oxygens (including phenoxy) is 1. The molecule has 0 saturated carbocycles. The van der Waals surface area contributed by atoms with Crippen LogP contribution < -0.4 is 5.32 Å². The first kappa shape index (κ1) is 11.2. The molecule has 1 aromatic carbocycles. The average Bonchev–Trinajstić information content (AvgIpc) is 3.01. The second-order valence-electron chi connectivity index (χ2n) is 5.30. The molecule has 2 heterocycles. The SMILES string of the molecule is c1cc(CC2CCCN2)cc(C2CCOC2)c1. The van der Waals surface area contributed by atoms with Crippen LogP contribution in [0.1, 0.15) is 36.3 Å². The maximum Gasteiger partial charge on any atom is 0.0535 e. The highest BCUT2D eigenvalue weighted by molar-refractivity contribution is 5.27. The first-order chi connectivity index (χ1) is 8.42. The predicted octanol–water partition coefficient (Wildman–Crippen LogP) is 2.49. The molecule has 3 rings (SSSR count). The Morgan fingerprint density at radius 3 is 3.06 bits per heavy atom. The highest BCUT2D eigenvalue weighted by Crippen LogP contribution is 2.26. The van der Waals surface area contributed by atoms with E-state index in [-0.39, 0.29) is 0 Å². The molecule has 0 aromatic heterocycles. The molecule has 0 bridgehead atoms. The quantitative estimate of drug-likeness (QED) is 0.863. The Balaban J connectivity index is 1.69. The Kier molecular flexibility index (Phi) is 3.44. The van der Waals surface area contributed by atoms with Crippen LogP contribution in [0.3, 0.4) is 0 Å². The van der Waals surface area contributed by atoms with Crippen LogP contribution >= 0.6 is 0 Å². The molecule has 0 amide bonds. The van der Waals surface area contributed by atoms with Gasteiger partial charge in [0.05, 0.1) is 6.61 Å². The van der Waals surface area contributed by atoms with Gasteiger partial charge in [0.1, 0.15) is 0 Å². The third kappa shape index (κ3) is 2.70. The van der Waals surface area contributed by atoms with Crippen LogP contribution in [0.4, 0.5) is 0 Å². The highest BCUT2D eigenvalue weighted by atomic mass is 16.5. The van der Waals surface area contributed by atoms with E-state index in [0.717, 1.165) is 13.2 Å². The van der Waals surface area contributed by atoms with Gasteiger partial charge in [0.15, 0.2) is 0 Å². The van der Waals surface area contributed by atoms with Crippen molar-refractivity contribution in [3.05, 3.63) is 35.4 Å². The standard InChI is InChI=1S/C15H21NO/c1-3-12(10-15-5-2-7-16-15)9-13(4-1)14-6-8-17-11-14/h1,3-4,9,14-16H,2,5-8,10-11H2. The molecule has 17 heavy (non-hydrogen) atoms. The summed E-state index contributed by atoms with van der Waals surface area (Å²) in [4.78, 5) is 0. The van der Waals surface area contributed by atoms with Crippen LogP contribution in [0, 0.1) is 0 Å². The molecule has 2 unspecified atom stereocenters. The van der Waals surface area contributed by atoms with Crippen LogP contribution in [0.25, 0.3) is 0 Å². The van der Waals surface area contributed by atoms with E-state index in [0.29, 0.717) is 12.0 Å². The van der Waals surface area contributed by atoms with Crippen molar-refractivity contribution in [1.29, 1.82) is 0 Å². The Morgan fingerprint density at radius 2 is 2.29 bits per heavy atom. The van der Waals surface area contributed by atoms with Gasteiger partial charge in [0, 0.05) is 18.6 Å². The van der Waals surface area contributed by atoms with Gasteiger partial charge >= 0.3 is 0 Å². The summed E-state index contributed by atoms with van der Waals surface area (Å²) in [5.41, 5.74) is 2.95. The molecular formula is C15H21NO. The summed E-state index contributed by atoms with van der Waals surface area (Å²) >= 11 is 0. The molecule has 2 aliphatic rings. The van der Waals surface area contributed by atoms with Crippen molar-refractivity contribution in [3.8, 4) is 0 Å². The summed E-state index contributed by atoms with van der Waals surface area (Å²) < 4.78 is 5.47. The Labute approximate surface area is 103 Å². The summed E-state index contributed by atoms with van der Waals surface area (Å²) in [6, 6.07) is 9.81. The van der Waals surface area contributed by atoms with E-state index < -0.39 is 0 Å². The predicted molar refractivity (Wildman–Crippen MR) is 69.3 cm³/mol. The lowest BCUT2D eigenvalue weighted by Gasteiger charge is -2.13. The van der Waals surface area contributed by atoms with Gasteiger partial charge in [-0.2, -0.15) is 0 Å². The van der Waals surface area contributed by atoms with E-state index in [1.807, 2.05) is 0 Å². The van der Waals surface area contributed by atoms with Crippen molar-refractivity contribution in [1.82, 2.24) is 5.32 Å². The normalized spacial score (nSPS) is 28.7. The summed E-state index contributed by atoms with van der Waals surface area (Å²) in [5, 5.41) is 3.57. The van der Waals surface area contributed by atoms with Crippen molar-refractivity contribution >= 4 is 0 Å². The molecule has 0 aliphatic carbocycles. The van der Waals surface area contributed by atoms with Crippen LogP contribution in [0.15, 0.2) is 24.3 Å². The molecular weight excluding hydrogens is 210 g/mol. The maximum atomic E-state index is 5.47. The largest absolute Gasteiger partial charge is 0.381 e. The van der Waals surface area contributed by atoms with Gasteiger partial charge in [-0.3, -0.25) is 0 Å². The van der Waals surface area contributed by atoms with E-state index in [1.165, 1.54) is 43.4 Å². The Morgan fingerprint density at radius 1 is 1.29 bits per heavy atom. The van der Waals surface area contributed by atoms with Gasteiger partial charge < -0.3 is 10.1 Å². The van der Waals surface area contributed by atoms with Crippen molar-refractivity contribution in [3.63, 3.8) is 0 Å². The molecule has 2 nitrogen and oxygen atoms in total. The van der Waals surface area contributed by atoms with E-state index >= 15 is 0 Å². The van der Waals surface area contributed by atoms with Crippen molar-refractivity contribution in [2.75, 3.05) is 19.8 Å². The molecule has 2 atom stereocenters. The molecule has 92 valence electrons. The number of hydrogen-bond acceptors (Lipinski definition) is 2. The van der Waals surface area contributed by atoms with Crippen LogP contribution in [0.5, 0.6) is 0 Å². The maximum absolute atomic E-state index is 5.47. The van der Waals surface area contributed by atoms with Gasteiger partial charge in [0.2, 0.25) is 0 Å². The van der Waals surface area contributed by atoms with Gasteiger partial charge in [-0.25, -0.2) is 0 Å².